The van der Waals surface area contributed by atoms with Crippen LogP contribution in [0.3, 0.4) is 0 Å². The fourth-order valence-corrected chi connectivity index (χ4v) is 5.02. The lowest BCUT2D eigenvalue weighted by Crippen LogP contribution is -2.48. The highest BCUT2D eigenvalue weighted by Crippen LogP contribution is 2.30. The molecule has 0 spiro atoms. The van der Waals surface area contributed by atoms with E-state index < -0.39 is 0 Å². The Morgan fingerprint density at radius 3 is 2.16 bits per heavy atom. The molecular weight excluding hydrogens is 500 g/mol. The second-order valence-corrected chi connectivity index (χ2v) is 9.31. The predicted octanol–water partition coefficient (Wildman–Crippen LogP) is 4.26. The van der Waals surface area contributed by atoms with Gasteiger partial charge in [0.15, 0.2) is 17.3 Å². The average molecular weight is 535 g/mol. The zero-order valence-electron chi connectivity index (χ0n) is 21.9. The van der Waals surface area contributed by atoms with Gasteiger partial charge >= 0.3 is 0 Å². The summed E-state index contributed by atoms with van der Waals surface area (Å²) in [5.41, 5.74) is 3.71. The van der Waals surface area contributed by atoms with Crippen molar-refractivity contribution in [3.63, 3.8) is 0 Å². The number of piperazine rings is 1. The lowest BCUT2D eigenvalue weighted by molar-refractivity contribution is 0.100. The molecule has 200 valence electrons. The highest BCUT2D eigenvalue weighted by molar-refractivity contribution is 5.85. The molecule has 0 saturated carbocycles. The highest BCUT2D eigenvalue weighted by atomic mass is 35.5. The molecule has 1 saturated heterocycles. The van der Waals surface area contributed by atoms with Gasteiger partial charge in [-0.2, -0.15) is 0 Å². The van der Waals surface area contributed by atoms with E-state index in [2.05, 4.69) is 92.1 Å². The van der Waals surface area contributed by atoms with Crippen molar-refractivity contribution in [3.8, 4) is 11.5 Å². The van der Waals surface area contributed by atoms with Gasteiger partial charge < -0.3 is 9.47 Å². The number of hydrogen-bond donors (Lipinski definition) is 0. The van der Waals surface area contributed by atoms with Gasteiger partial charge in [0.2, 0.25) is 0 Å². The smallest absolute Gasteiger partial charge is 0.173 e. The van der Waals surface area contributed by atoms with Gasteiger partial charge in [0.25, 0.3) is 0 Å². The van der Waals surface area contributed by atoms with Gasteiger partial charge in [0.1, 0.15) is 0 Å². The number of rotatable bonds is 10. The summed E-state index contributed by atoms with van der Waals surface area (Å²) in [6, 6.07) is 27.3. The predicted molar refractivity (Wildman–Crippen MR) is 150 cm³/mol. The monoisotopic (exact) mass is 534 g/mol. The molecule has 0 aliphatic carbocycles. The largest absolute Gasteiger partial charge is 0.493 e. The van der Waals surface area contributed by atoms with Crippen LogP contribution < -0.4 is 9.47 Å². The lowest BCUT2D eigenvalue weighted by atomic mass is 10.0. The Balaban J connectivity index is 0.00000336. The molecular formula is C29H35ClN6O2. The van der Waals surface area contributed by atoms with Gasteiger partial charge in [0, 0.05) is 39.3 Å². The van der Waals surface area contributed by atoms with Crippen molar-refractivity contribution in [3.05, 3.63) is 101 Å². The number of hydrogen-bond acceptors (Lipinski definition) is 7. The molecule has 3 aromatic carbocycles. The molecule has 1 aliphatic heterocycles. The highest BCUT2D eigenvalue weighted by Gasteiger charge is 2.30. The molecule has 1 aromatic heterocycles. The molecule has 38 heavy (non-hydrogen) atoms. The topological polar surface area (TPSA) is 68.5 Å². The van der Waals surface area contributed by atoms with E-state index in [4.69, 9.17) is 9.47 Å². The maximum absolute atomic E-state index is 5.48. The molecule has 4 aromatic rings. The minimum absolute atomic E-state index is 0. The first-order valence-electron chi connectivity index (χ1n) is 12.8. The van der Waals surface area contributed by atoms with E-state index in [1.54, 1.807) is 14.2 Å². The normalized spacial score (nSPS) is 15.0. The summed E-state index contributed by atoms with van der Waals surface area (Å²) >= 11 is 0. The number of methoxy groups -OCH3 is 2. The number of aryl methyl sites for hydroxylation is 2. The summed E-state index contributed by atoms with van der Waals surface area (Å²) in [6.07, 6.45) is 0.782. The summed E-state index contributed by atoms with van der Waals surface area (Å²) in [4.78, 5) is 5.03. The minimum Gasteiger partial charge on any atom is -0.493 e. The molecule has 5 rings (SSSR count). The van der Waals surface area contributed by atoms with E-state index in [9.17, 15) is 0 Å². The maximum Gasteiger partial charge on any atom is 0.173 e. The van der Waals surface area contributed by atoms with Crippen LogP contribution in [0.1, 0.15) is 28.6 Å². The first-order valence-corrected chi connectivity index (χ1v) is 12.8. The first-order chi connectivity index (χ1) is 18.2. The molecule has 0 N–H and O–H groups in total. The van der Waals surface area contributed by atoms with E-state index >= 15 is 0 Å². The van der Waals surface area contributed by atoms with Crippen molar-refractivity contribution in [1.29, 1.82) is 0 Å². The second kappa shape index (κ2) is 13.4. The second-order valence-electron chi connectivity index (χ2n) is 9.31. The number of nitrogens with zero attached hydrogens (tertiary/aromatic N) is 6. The van der Waals surface area contributed by atoms with Gasteiger partial charge in [-0.3, -0.25) is 9.80 Å². The maximum atomic E-state index is 5.48. The third-order valence-electron chi connectivity index (χ3n) is 7.00. The molecule has 1 fully saturated rings. The Morgan fingerprint density at radius 2 is 1.47 bits per heavy atom. The van der Waals surface area contributed by atoms with E-state index in [0.717, 1.165) is 62.0 Å². The van der Waals surface area contributed by atoms with Gasteiger partial charge in [-0.05, 0) is 45.7 Å². The van der Waals surface area contributed by atoms with E-state index in [-0.39, 0.29) is 18.4 Å². The van der Waals surface area contributed by atoms with Crippen LogP contribution in [0.2, 0.25) is 0 Å². The zero-order chi connectivity index (χ0) is 25.5. The average Bonchev–Trinajstić information content (AvgIpc) is 3.42. The third kappa shape index (κ3) is 6.51. The minimum atomic E-state index is 0. The summed E-state index contributed by atoms with van der Waals surface area (Å²) in [5.74, 6) is 2.33. The summed E-state index contributed by atoms with van der Waals surface area (Å²) < 4.78 is 12.8. The molecule has 1 aliphatic rings. The van der Waals surface area contributed by atoms with Crippen LogP contribution in [0.15, 0.2) is 78.9 Å². The van der Waals surface area contributed by atoms with Crippen LogP contribution >= 0.6 is 12.4 Å². The quantitative estimate of drug-likeness (QED) is 0.301. The summed E-state index contributed by atoms with van der Waals surface area (Å²) in [5, 5.41) is 13.0. The fraction of sp³-hybridized carbons (Fsp3) is 0.345. The third-order valence-corrected chi connectivity index (χ3v) is 7.00. The van der Waals surface area contributed by atoms with Crippen LogP contribution in [-0.2, 0) is 19.5 Å². The number of tetrazole rings is 1. The van der Waals surface area contributed by atoms with Crippen LogP contribution in [-0.4, -0.2) is 70.4 Å². The van der Waals surface area contributed by atoms with Crippen LogP contribution in [0.4, 0.5) is 0 Å². The van der Waals surface area contributed by atoms with Crippen LogP contribution in [0.5, 0.6) is 11.5 Å². The van der Waals surface area contributed by atoms with Crippen molar-refractivity contribution >= 4 is 12.4 Å². The van der Waals surface area contributed by atoms with Gasteiger partial charge in [-0.25, -0.2) is 4.68 Å². The van der Waals surface area contributed by atoms with Gasteiger partial charge in [-0.1, -0.05) is 66.7 Å². The molecule has 0 amide bonds. The van der Waals surface area contributed by atoms with Crippen molar-refractivity contribution < 1.29 is 9.47 Å². The van der Waals surface area contributed by atoms with Crippen LogP contribution in [0, 0.1) is 0 Å². The number of benzene rings is 3. The van der Waals surface area contributed by atoms with Crippen molar-refractivity contribution in [2.45, 2.75) is 25.6 Å². The van der Waals surface area contributed by atoms with Crippen molar-refractivity contribution in [1.82, 2.24) is 30.0 Å². The molecule has 2 heterocycles. The Labute approximate surface area is 230 Å². The Hall–Kier alpha value is -3.46. The number of aromatic nitrogens is 4. The first kappa shape index (κ1) is 27.6. The van der Waals surface area contributed by atoms with Gasteiger partial charge in [-0.15, -0.1) is 17.5 Å². The Bertz CT molecular complexity index is 1260. The van der Waals surface area contributed by atoms with Gasteiger partial charge in [0.05, 0.1) is 20.3 Å². The summed E-state index contributed by atoms with van der Waals surface area (Å²) in [6.45, 7) is 5.57. The summed E-state index contributed by atoms with van der Waals surface area (Å²) in [7, 11) is 3.31. The molecule has 1 atom stereocenters. The standard InChI is InChI=1S/C29H34N6O2.ClH/c1-36-26-14-13-23(21-27(26)37-2)15-16-35-29(30-31-32-35)28(25-11-7-4-8-12-25)34-19-17-33(18-20-34)22-24-9-5-3-6-10-24;/h3-14,21,28H,15-20,22H2,1-2H3;1H. The Kier molecular flexibility index (Phi) is 9.70. The number of halogens is 1. The Morgan fingerprint density at radius 1 is 0.789 bits per heavy atom. The van der Waals surface area contributed by atoms with E-state index in [1.807, 2.05) is 16.8 Å². The van der Waals surface area contributed by atoms with Crippen molar-refractivity contribution in [2.24, 2.45) is 0 Å². The lowest BCUT2D eigenvalue weighted by Gasteiger charge is -2.39. The molecule has 9 heteroatoms. The van der Waals surface area contributed by atoms with Crippen molar-refractivity contribution in [2.75, 3.05) is 40.4 Å². The molecule has 0 radical (unpaired) electrons. The SMILES string of the molecule is COc1ccc(CCn2nnnc2C(c2ccccc2)N2CCN(Cc3ccccc3)CC2)cc1OC.Cl. The number of ether oxygens (including phenoxy) is 2. The van der Waals surface area contributed by atoms with E-state index in [0.29, 0.717) is 6.54 Å². The zero-order valence-corrected chi connectivity index (χ0v) is 22.8. The van der Waals surface area contributed by atoms with E-state index in [1.165, 1.54) is 11.1 Å². The molecule has 8 nitrogen and oxygen atoms in total. The fourth-order valence-electron chi connectivity index (χ4n) is 5.02. The van der Waals surface area contributed by atoms with Crippen LogP contribution in [0.25, 0.3) is 0 Å². The molecule has 0 bridgehead atoms. The molecule has 1 unspecified atom stereocenters.